The molecule has 2 N–H and O–H groups in total. The van der Waals surface area contributed by atoms with Crippen molar-refractivity contribution in [1.29, 1.82) is 0 Å². The van der Waals surface area contributed by atoms with Crippen molar-refractivity contribution in [3.8, 4) is 17.2 Å². The van der Waals surface area contributed by atoms with Crippen LogP contribution in [0.4, 0.5) is 0 Å². The predicted octanol–water partition coefficient (Wildman–Crippen LogP) is 3.65. The van der Waals surface area contributed by atoms with Gasteiger partial charge < -0.3 is 19.7 Å². The molecule has 0 bridgehead atoms. The quantitative estimate of drug-likeness (QED) is 0.678. The zero-order chi connectivity index (χ0) is 18.9. The molecule has 0 aliphatic carbocycles. The van der Waals surface area contributed by atoms with Gasteiger partial charge in [-0.15, -0.1) is 0 Å². The zero-order valence-electron chi connectivity index (χ0n) is 15.3. The van der Waals surface area contributed by atoms with Crippen molar-refractivity contribution in [3.05, 3.63) is 53.6 Å². The maximum Gasteiger partial charge on any atom is 0.160 e. The summed E-state index contributed by atoms with van der Waals surface area (Å²) in [7, 11) is 3.14. The average molecular weight is 358 g/mol. The molecule has 0 saturated carbocycles. The van der Waals surface area contributed by atoms with E-state index in [1.54, 1.807) is 31.4 Å². The first kappa shape index (κ1) is 19.8. The number of hydrogen-bond acceptors (Lipinski definition) is 5. The SMILES string of the molecule is COc1cc(CCC(CC(=O)CCc2ccc(O)cc2)OC)ccc1O. The van der Waals surface area contributed by atoms with E-state index in [1.807, 2.05) is 18.2 Å². The van der Waals surface area contributed by atoms with Gasteiger partial charge in [0.1, 0.15) is 11.5 Å². The van der Waals surface area contributed by atoms with E-state index >= 15 is 0 Å². The standard InChI is InChI=1S/C21H26O5/c1-25-19(11-6-16-7-12-20(24)21(13-16)26-2)14-18(23)10-5-15-3-8-17(22)9-4-15/h3-4,7-9,12-13,19,22,24H,5-6,10-11,14H2,1-2H3. The molecular weight excluding hydrogens is 332 g/mol. The smallest absolute Gasteiger partial charge is 0.160 e. The van der Waals surface area contributed by atoms with Crippen LogP contribution in [-0.2, 0) is 22.4 Å². The Labute approximate surface area is 154 Å². The van der Waals surface area contributed by atoms with Crippen molar-refractivity contribution < 1.29 is 24.5 Å². The lowest BCUT2D eigenvalue weighted by Gasteiger charge is -2.15. The van der Waals surface area contributed by atoms with Crippen molar-refractivity contribution in [2.75, 3.05) is 14.2 Å². The molecule has 0 radical (unpaired) electrons. The highest BCUT2D eigenvalue weighted by atomic mass is 16.5. The lowest BCUT2D eigenvalue weighted by atomic mass is 10.00. The molecule has 0 fully saturated rings. The number of aryl methyl sites for hydroxylation is 2. The number of rotatable bonds is 10. The van der Waals surface area contributed by atoms with Gasteiger partial charge >= 0.3 is 0 Å². The number of Topliss-reactive ketones (excluding diaryl/α,β-unsaturated/α-hetero) is 1. The number of aromatic hydroxyl groups is 2. The summed E-state index contributed by atoms with van der Waals surface area (Å²) in [4.78, 5) is 12.2. The van der Waals surface area contributed by atoms with E-state index in [2.05, 4.69) is 0 Å². The van der Waals surface area contributed by atoms with Crippen LogP contribution >= 0.6 is 0 Å². The molecule has 5 heteroatoms. The molecule has 5 nitrogen and oxygen atoms in total. The number of benzene rings is 2. The Balaban J connectivity index is 1.80. The topological polar surface area (TPSA) is 76.0 Å². The third-order valence-electron chi connectivity index (χ3n) is 4.42. The third kappa shape index (κ3) is 6.08. The molecule has 1 atom stereocenters. The second-order valence-electron chi connectivity index (χ2n) is 6.31. The van der Waals surface area contributed by atoms with E-state index in [-0.39, 0.29) is 23.4 Å². The Kier molecular flexibility index (Phi) is 7.48. The Hall–Kier alpha value is -2.53. The monoisotopic (exact) mass is 358 g/mol. The average Bonchev–Trinajstić information content (AvgIpc) is 2.65. The van der Waals surface area contributed by atoms with Crippen LogP contribution in [0.25, 0.3) is 0 Å². The molecule has 0 spiro atoms. The Morgan fingerprint density at radius 3 is 2.35 bits per heavy atom. The zero-order valence-corrected chi connectivity index (χ0v) is 15.3. The fourth-order valence-electron chi connectivity index (χ4n) is 2.81. The Morgan fingerprint density at radius 1 is 1.00 bits per heavy atom. The number of phenolic OH excluding ortho intramolecular Hbond substituents is 2. The molecule has 2 rings (SSSR count). The molecule has 2 aromatic carbocycles. The summed E-state index contributed by atoms with van der Waals surface area (Å²) in [5.41, 5.74) is 2.06. The van der Waals surface area contributed by atoms with Crippen LogP contribution in [0.2, 0.25) is 0 Å². The van der Waals surface area contributed by atoms with E-state index in [0.717, 1.165) is 24.0 Å². The van der Waals surface area contributed by atoms with Crippen LogP contribution in [0.15, 0.2) is 42.5 Å². The first-order chi connectivity index (χ1) is 12.5. The first-order valence-corrected chi connectivity index (χ1v) is 8.70. The van der Waals surface area contributed by atoms with Gasteiger partial charge in [0, 0.05) is 20.0 Å². The van der Waals surface area contributed by atoms with E-state index in [9.17, 15) is 15.0 Å². The lowest BCUT2D eigenvalue weighted by Crippen LogP contribution is -2.17. The summed E-state index contributed by atoms with van der Waals surface area (Å²) in [5, 5.41) is 18.9. The Bertz CT molecular complexity index is 709. The normalized spacial score (nSPS) is 11.9. The number of phenols is 2. The summed E-state index contributed by atoms with van der Waals surface area (Å²) >= 11 is 0. The largest absolute Gasteiger partial charge is 0.508 e. The minimum absolute atomic E-state index is 0.115. The van der Waals surface area contributed by atoms with Crippen LogP contribution in [0, 0.1) is 0 Å². The molecule has 0 aliphatic rings. The van der Waals surface area contributed by atoms with Crippen LogP contribution in [0.1, 0.15) is 30.4 Å². The molecular formula is C21H26O5. The second-order valence-corrected chi connectivity index (χ2v) is 6.31. The van der Waals surface area contributed by atoms with Gasteiger partial charge in [-0.1, -0.05) is 18.2 Å². The molecule has 26 heavy (non-hydrogen) atoms. The van der Waals surface area contributed by atoms with Gasteiger partial charge in [-0.05, 0) is 54.7 Å². The van der Waals surface area contributed by atoms with Crippen molar-refractivity contribution >= 4 is 5.78 Å². The number of hydrogen-bond donors (Lipinski definition) is 2. The summed E-state index contributed by atoms with van der Waals surface area (Å²) < 4.78 is 10.6. The predicted molar refractivity (Wildman–Crippen MR) is 99.8 cm³/mol. The van der Waals surface area contributed by atoms with Gasteiger partial charge in [-0.25, -0.2) is 0 Å². The maximum atomic E-state index is 12.2. The Morgan fingerprint density at radius 2 is 1.69 bits per heavy atom. The van der Waals surface area contributed by atoms with Crippen LogP contribution in [-0.4, -0.2) is 36.3 Å². The van der Waals surface area contributed by atoms with Gasteiger partial charge in [0.15, 0.2) is 11.5 Å². The van der Waals surface area contributed by atoms with Crippen molar-refractivity contribution in [2.45, 2.75) is 38.2 Å². The second kappa shape index (κ2) is 9.82. The van der Waals surface area contributed by atoms with Crippen molar-refractivity contribution in [2.24, 2.45) is 0 Å². The number of ether oxygens (including phenoxy) is 2. The van der Waals surface area contributed by atoms with Crippen molar-refractivity contribution in [1.82, 2.24) is 0 Å². The van der Waals surface area contributed by atoms with E-state index in [4.69, 9.17) is 9.47 Å². The number of ketones is 1. The van der Waals surface area contributed by atoms with Crippen LogP contribution in [0.5, 0.6) is 17.2 Å². The third-order valence-corrected chi connectivity index (χ3v) is 4.42. The van der Waals surface area contributed by atoms with Gasteiger partial charge in [0.2, 0.25) is 0 Å². The fraction of sp³-hybridized carbons (Fsp3) is 0.381. The molecule has 0 amide bonds. The van der Waals surface area contributed by atoms with Crippen LogP contribution < -0.4 is 4.74 Å². The summed E-state index contributed by atoms with van der Waals surface area (Å²) in [6, 6.07) is 12.2. The molecule has 0 aromatic heterocycles. The van der Waals surface area contributed by atoms with E-state index in [1.165, 1.54) is 7.11 Å². The summed E-state index contributed by atoms with van der Waals surface area (Å²) in [6.45, 7) is 0. The van der Waals surface area contributed by atoms with Crippen molar-refractivity contribution in [3.63, 3.8) is 0 Å². The molecule has 2 aromatic rings. The lowest BCUT2D eigenvalue weighted by molar-refractivity contribution is -0.121. The summed E-state index contributed by atoms with van der Waals surface area (Å²) in [5.74, 6) is 0.948. The number of methoxy groups -OCH3 is 2. The molecule has 0 heterocycles. The minimum atomic E-state index is -0.137. The highest BCUT2D eigenvalue weighted by Crippen LogP contribution is 2.27. The highest BCUT2D eigenvalue weighted by molar-refractivity contribution is 5.79. The van der Waals surface area contributed by atoms with Gasteiger partial charge in [-0.2, -0.15) is 0 Å². The van der Waals surface area contributed by atoms with E-state index < -0.39 is 0 Å². The van der Waals surface area contributed by atoms with Crippen LogP contribution in [0.3, 0.4) is 0 Å². The summed E-state index contributed by atoms with van der Waals surface area (Å²) in [6.07, 6.45) is 2.81. The minimum Gasteiger partial charge on any atom is -0.508 e. The number of carbonyl (C=O) groups excluding carboxylic acids is 1. The van der Waals surface area contributed by atoms with Gasteiger partial charge in [0.25, 0.3) is 0 Å². The maximum absolute atomic E-state index is 12.2. The molecule has 0 aliphatic heterocycles. The molecule has 0 saturated heterocycles. The number of carbonyl (C=O) groups is 1. The highest BCUT2D eigenvalue weighted by Gasteiger charge is 2.14. The van der Waals surface area contributed by atoms with E-state index in [0.29, 0.717) is 25.0 Å². The molecule has 140 valence electrons. The van der Waals surface area contributed by atoms with Gasteiger partial charge in [-0.3, -0.25) is 4.79 Å². The van der Waals surface area contributed by atoms with Gasteiger partial charge in [0.05, 0.1) is 13.2 Å². The first-order valence-electron chi connectivity index (χ1n) is 8.70. The fourth-order valence-corrected chi connectivity index (χ4v) is 2.81. The molecule has 1 unspecified atom stereocenters.